The number of para-hydroxylation sites is 1. The van der Waals surface area contributed by atoms with Crippen LogP contribution >= 0.6 is 12.2 Å². The van der Waals surface area contributed by atoms with Crippen LogP contribution in [0.15, 0.2) is 54.4 Å². The first-order chi connectivity index (χ1) is 14.4. The summed E-state index contributed by atoms with van der Waals surface area (Å²) in [6.45, 7) is 5.23. The second kappa shape index (κ2) is 8.03. The molecule has 0 unspecified atom stereocenters. The van der Waals surface area contributed by atoms with E-state index in [4.69, 9.17) is 12.2 Å². The number of thiocarbonyl (C=S) groups is 1. The maximum absolute atomic E-state index is 13.3. The predicted octanol–water partition coefficient (Wildman–Crippen LogP) is 4.81. The molecule has 4 nitrogen and oxygen atoms in total. The van der Waals surface area contributed by atoms with Crippen LogP contribution in [0, 0.1) is 5.82 Å². The highest BCUT2D eigenvalue weighted by molar-refractivity contribution is 7.80. The summed E-state index contributed by atoms with van der Waals surface area (Å²) in [6, 6.07) is 12.8. The Balaban J connectivity index is 1.84. The molecule has 0 atom stereocenters. The van der Waals surface area contributed by atoms with Crippen LogP contribution in [0.3, 0.4) is 0 Å². The Labute approximate surface area is 181 Å². The third kappa shape index (κ3) is 3.41. The average Bonchev–Trinajstić information content (AvgIpc) is 3.19. The number of carbonyl (C=O) groups is 1. The van der Waals surface area contributed by atoms with Crippen LogP contribution in [0.25, 0.3) is 17.0 Å². The number of likely N-dealkylation sites (N-methyl/N-ethyl adjacent to an activating group) is 2. The van der Waals surface area contributed by atoms with Gasteiger partial charge in [0.1, 0.15) is 11.5 Å². The molecule has 0 bridgehead atoms. The van der Waals surface area contributed by atoms with Crippen molar-refractivity contribution in [2.45, 2.75) is 26.8 Å². The highest BCUT2D eigenvalue weighted by Crippen LogP contribution is 2.30. The van der Waals surface area contributed by atoms with Gasteiger partial charge in [-0.3, -0.25) is 9.69 Å². The Morgan fingerprint density at radius 2 is 1.83 bits per heavy atom. The van der Waals surface area contributed by atoms with Gasteiger partial charge in [-0.05, 0) is 54.9 Å². The Morgan fingerprint density at radius 1 is 1.10 bits per heavy atom. The number of amides is 1. The molecule has 1 fully saturated rings. The summed E-state index contributed by atoms with van der Waals surface area (Å²) in [6.07, 6.45) is 4.89. The average molecular weight is 422 g/mol. The second-order valence-electron chi connectivity index (χ2n) is 7.43. The number of halogens is 1. The van der Waals surface area contributed by atoms with Crippen LogP contribution in [-0.4, -0.2) is 39.0 Å². The number of aromatic nitrogens is 1. The summed E-state index contributed by atoms with van der Waals surface area (Å²) in [5.41, 5.74) is 4.93. The van der Waals surface area contributed by atoms with Gasteiger partial charge in [0.25, 0.3) is 5.91 Å². The number of hydrogen-bond acceptors (Lipinski definition) is 2. The summed E-state index contributed by atoms with van der Waals surface area (Å²) < 4.78 is 15.5. The molecule has 30 heavy (non-hydrogen) atoms. The minimum Gasteiger partial charge on any atom is -0.342 e. The van der Waals surface area contributed by atoms with Gasteiger partial charge in [-0.2, -0.15) is 0 Å². The molecule has 1 saturated heterocycles. The van der Waals surface area contributed by atoms with E-state index < -0.39 is 0 Å². The number of aryl methyl sites for hydroxylation is 1. The van der Waals surface area contributed by atoms with Crippen LogP contribution in [0.5, 0.6) is 0 Å². The number of benzene rings is 2. The third-order valence-electron chi connectivity index (χ3n) is 5.61. The molecule has 1 aliphatic heterocycles. The second-order valence-corrected chi connectivity index (χ2v) is 7.79. The molecule has 6 heteroatoms. The molecule has 154 valence electrons. The zero-order chi connectivity index (χ0) is 21.4. The minimum absolute atomic E-state index is 0.0731. The molecule has 0 radical (unpaired) electrons. The van der Waals surface area contributed by atoms with Crippen molar-refractivity contribution in [2.75, 3.05) is 13.6 Å². The van der Waals surface area contributed by atoms with Crippen LogP contribution in [0.4, 0.5) is 4.39 Å². The molecule has 2 heterocycles. The summed E-state index contributed by atoms with van der Waals surface area (Å²) >= 11 is 5.42. The highest BCUT2D eigenvalue weighted by Gasteiger charge is 2.34. The summed E-state index contributed by atoms with van der Waals surface area (Å²) in [4.78, 5) is 16.2. The molecule has 0 spiro atoms. The standard InChI is InChI=1S/C24H24FN3OS/c1-4-17-7-6-8-20-18(13-21-23(29)28(5-2)24(30)26(21)3)15-27(22(17)20)14-16-9-11-19(25)12-10-16/h6-13,15H,4-5,14H2,1-3H3/b21-13-. The monoisotopic (exact) mass is 421 g/mol. The van der Waals surface area contributed by atoms with Gasteiger partial charge in [0.15, 0.2) is 5.11 Å². The molecular weight excluding hydrogens is 397 g/mol. The number of rotatable bonds is 5. The zero-order valence-electron chi connectivity index (χ0n) is 17.4. The van der Waals surface area contributed by atoms with Crippen LogP contribution in [0.2, 0.25) is 0 Å². The first-order valence-corrected chi connectivity index (χ1v) is 10.5. The van der Waals surface area contributed by atoms with E-state index in [0.29, 0.717) is 23.9 Å². The maximum atomic E-state index is 13.3. The summed E-state index contributed by atoms with van der Waals surface area (Å²) in [7, 11) is 1.83. The van der Waals surface area contributed by atoms with E-state index in [9.17, 15) is 9.18 Å². The van der Waals surface area contributed by atoms with Crippen molar-refractivity contribution in [2.24, 2.45) is 0 Å². The van der Waals surface area contributed by atoms with Crippen molar-refractivity contribution in [3.8, 4) is 0 Å². The Morgan fingerprint density at radius 3 is 2.47 bits per heavy atom. The van der Waals surface area contributed by atoms with Gasteiger partial charge in [0.05, 0.1) is 5.52 Å². The van der Waals surface area contributed by atoms with E-state index in [1.807, 2.05) is 20.0 Å². The predicted molar refractivity (Wildman–Crippen MR) is 123 cm³/mol. The van der Waals surface area contributed by atoms with E-state index in [-0.39, 0.29) is 11.7 Å². The Kier molecular flexibility index (Phi) is 5.43. The smallest absolute Gasteiger partial charge is 0.276 e. The number of carbonyl (C=O) groups excluding carboxylic acids is 1. The van der Waals surface area contributed by atoms with Crippen LogP contribution in [-0.2, 0) is 17.8 Å². The molecule has 2 aromatic carbocycles. The molecule has 1 aliphatic rings. The van der Waals surface area contributed by atoms with Gasteiger partial charge < -0.3 is 9.47 Å². The van der Waals surface area contributed by atoms with Crippen LogP contribution in [0.1, 0.15) is 30.5 Å². The molecule has 3 aromatic rings. The lowest BCUT2D eigenvalue weighted by Gasteiger charge is -2.13. The van der Waals surface area contributed by atoms with Crippen molar-refractivity contribution < 1.29 is 9.18 Å². The summed E-state index contributed by atoms with van der Waals surface area (Å²) in [5, 5.41) is 1.61. The number of nitrogens with zero attached hydrogens (tertiary/aromatic N) is 3. The Hall–Kier alpha value is -2.99. The van der Waals surface area contributed by atoms with Gasteiger partial charge in [0.2, 0.25) is 0 Å². The highest BCUT2D eigenvalue weighted by atomic mass is 32.1. The fourth-order valence-electron chi connectivity index (χ4n) is 4.01. The first kappa shape index (κ1) is 20.3. The first-order valence-electron chi connectivity index (χ1n) is 10.1. The lowest BCUT2D eigenvalue weighted by atomic mass is 10.1. The van der Waals surface area contributed by atoms with Crippen molar-refractivity contribution in [1.82, 2.24) is 14.4 Å². The maximum Gasteiger partial charge on any atom is 0.276 e. The van der Waals surface area contributed by atoms with Gasteiger partial charge in [0, 0.05) is 37.3 Å². The largest absolute Gasteiger partial charge is 0.342 e. The SMILES string of the molecule is CCc1cccc2c(/C=C3/C(=O)N(CC)C(=S)N3C)cn(Cc3ccc(F)cc3)c12. The van der Waals surface area contributed by atoms with Crippen LogP contribution < -0.4 is 0 Å². The van der Waals surface area contributed by atoms with E-state index in [2.05, 4.69) is 35.9 Å². The molecule has 0 N–H and O–H groups in total. The van der Waals surface area contributed by atoms with E-state index >= 15 is 0 Å². The van der Waals surface area contributed by atoms with Gasteiger partial charge >= 0.3 is 0 Å². The fraction of sp³-hybridized carbons (Fsp3) is 0.250. The Bertz CT molecular complexity index is 1160. The van der Waals surface area contributed by atoms with Gasteiger partial charge in [-0.25, -0.2) is 4.39 Å². The molecular formula is C24H24FN3OS. The van der Waals surface area contributed by atoms with Crippen molar-refractivity contribution >= 4 is 40.2 Å². The quantitative estimate of drug-likeness (QED) is 0.437. The summed E-state index contributed by atoms with van der Waals surface area (Å²) in [5.74, 6) is -0.314. The zero-order valence-corrected chi connectivity index (χ0v) is 18.2. The molecule has 1 amide bonds. The van der Waals surface area contributed by atoms with Crippen molar-refractivity contribution in [3.63, 3.8) is 0 Å². The molecule has 0 aliphatic carbocycles. The van der Waals surface area contributed by atoms with Crippen molar-refractivity contribution in [3.05, 3.63) is 76.9 Å². The molecule has 0 saturated carbocycles. The lowest BCUT2D eigenvalue weighted by molar-refractivity contribution is -0.122. The van der Waals surface area contributed by atoms with E-state index in [1.54, 1.807) is 21.9 Å². The topological polar surface area (TPSA) is 28.5 Å². The lowest BCUT2D eigenvalue weighted by Crippen LogP contribution is -2.30. The number of hydrogen-bond donors (Lipinski definition) is 0. The molecule has 4 rings (SSSR count). The third-order valence-corrected chi connectivity index (χ3v) is 6.11. The van der Waals surface area contributed by atoms with Gasteiger partial charge in [-0.1, -0.05) is 37.3 Å². The van der Waals surface area contributed by atoms with Crippen molar-refractivity contribution in [1.29, 1.82) is 0 Å². The van der Waals surface area contributed by atoms with E-state index in [0.717, 1.165) is 28.5 Å². The van der Waals surface area contributed by atoms with Gasteiger partial charge in [-0.15, -0.1) is 0 Å². The minimum atomic E-state index is -0.241. The van der Waals surface area contributed by atoms with E-state index in [1.165, 1.54) is 17.7 Å². The number of fused-ring (bicyclic) bond motifs is 1. The fourth-order valence-corrected chi connectivity index (χ4v) is 4.32. The normalized spacial score (nSPS) is 15.8. The molecule has 1 aromatic heterocycles.